The summed E-state index contributed by atoms with van der Waals surface area (Å²) in [7, 11) is 0. The monoisotopic (exact) mass is 258 g/mol. The predicted octanol–water partition coefficient (Wildman–Crippen LogP) is 1.40. The Labute approximate surface area is 109 Å². The maximum Gasteiger partial charge on any atom is 0.407 e. The van der Waals surface area contributed by atoms with Crippen LogP contribution in [-0.4, -0.2) is 41.5 Å². The summed E-state index contributed by atoms with van der Waals surface area (Å²) in [5.74, 6) is 0. The Morgan fingerprint density at radius 1 is 1.39 bits per heavy atom. The fourth-order valence-electron chi connectivity index (χ4n) is 2.11. The summed E-state index contributed by atoms with van der Waals surface area (Å²) >= 11 is 0. The van der Waals surface area contributed by atoms with Crippen LogP contribution in [0.3, 0.4) is 0 Å². The third-order valence-electron chi connectivity index (χ3n) is 2.86. The number of hydrogen-bond acceptors (Lipinski definition) is 4. The number of alkyl carbamates (subject to hydrolysis) is 1. The molecule has 1 rings (SSSR count). The van der Waals surface area contributed by atoms with Gasteiger partial charge in [0.25, 0.3) is 0 Å². The first-order valence-electron chi connectivity index (χ1n) is 6.67. The van der Waals surface area contributed by atoms with Crippen molar-refractivity contribution in [2.75, 3.05) is 6.54 Å². The number of aliphatic hydroxyl groups excluding tert-OH is 1. The largest absolute Gasteiger partial charge is 0.444 e. The molecule has 18 heavy (non-hydrogen) atoms. The van der Waals surface area contributed by atoms with Crippen LogP contribution in [0, 0.1) is 0 Å². The first kappa shape index (κ1) is 15.2. The third-order valence-corrected chi connectivity index (χ3v) is 2.86. The summed E-state index contributed by atoms with van der Waals surface area (Å²) in [6, 6.07) is 0.547. The summed E-state index contributed by atoms with van der Waals surface area (Å²) in [5.41, 5.74) is -0.452. The molecule has 0 aromatic heterocycles. The van der Waals surface area contributed by atoms with Crippen LogP contribution in [0.4, 0.5) is 4.79 Å². The highest BCUT2D eigenvalue weighted by Crippen LogP contribution is 2.19. The lowest BCUT2D eigenvalue weighted by Crippen LogP contribution is -2.39. The minimum atomic E-state index is -0.452. The Morgan fingerprint density at radius 2 is 2.00 bits per heavy atom. The van der Waals surface area contributed by atoms with Gasteiger partial charge < -0.3 is 20.5 Å². The van der Waals surface area contributed by atoms with Crippen molar-refractivity contribution in [3.05, 3.63) is 0 Å². The molecule has 3 unspecified atom stereocenters. The maximum atomic E-state index is 11.6. The van der Waals surface area contributed by atoms with Crippen molar-refractivity contribution in [1.29, 1.82) is 0 Å². The maximum absolute atomic E-state index is 11.6. The second-order valence-corrected chi connectivity index (χ2v) is 6.11. The molecule has 1 fully saturated rings. The number of nitrogens with one attached hydrogen (secondary N) is 2. The van der Waals surface area contributed by atoms with Gasteiger partial charge in [0.1, 0.15) is 5.60 Å². The highest BCUT2D eigenvalue weighted by atomic mass is 16.6. The second-order valence-electron chi connectivity index (χ2n) is 6.11. The molecule has 5 nitrogen and oxygen atoms in total. The first-order chi connectivity index (χ1) is 8.26. The lowest BCUT2D eigenvalue weighted by molar-refractivity contribution is 0.0505. The SMILES string of the molecule is CC(O)CNC1CCC(NC(=O)OC(C)(C)C)C1. The van der Waals surface area contributed by atoms with Gasteiger partial charge in [0.15, 0.2) is 0 Å². The molecule has 1 saturated carbocycles. The van der Waals surface area contributed by atoms with Crippen molar-refractivity contribution in [2.24, 2.45) is 0 Å². The molecule has 3 atom stereocenters. The molecule has 0 heterocycles. The standard InChI is InChI=1S/C13H26N2O3/c1-9(16)8-14-10-5-6-11(7-10)15-12(17)18-13(2,3)4/h9-11,14,16H,5-8H2,1-4H3,(H,15,17). The van der Waals surface area contributed by atoms with E-state index in [4.69, 9.17) is 4.74 Å². The molecular formula is C13H26N2O3. The highest BCUT2D eigenvalue weighted by Gasteiger charge is 2.27. The molecule has 106 valence electrons. The van der Waals surface area contributed by atoms with E-state index in [2.05, 4.69) is 10.6 Å². The van der Waals surface area contributed by atoms with E-state index in [9.17, 15) is 9.90 Å². The normalized spacial score (nSPS) is 25.8. The van der Waals surface area contributed by atoms with Gasteiger partial charge in [-0.2, -0.15) is 0 Å². The number of hydrogen-bond donors (Lipinski definition) is 3. The molecule has 5 heteroatoms. The van der Waals surface area contributed by atoms with Crippen molar-refractivity contribution in [1.82, 2.24) is 10.6 Å². The molecule has 0 aromatic rings. The zero-order chi connectivity index (χ0) is 13.8. The number of aliphatic hydroxyl groups is 1. The van der Waals surface area contributed by atoms with Gasteiger partial charge in [0, 0.05) is 18.6 Å². The van der Waals surface area contributed by atoms with E-state index in [0.717, 1.165) is 19.3 Å². The van der Waals surface area contributed by atoms with Crippen LogP contribution in [-0.2, 0) is 4.74 Å². The third kappa shape index (κ3) is 6.21. The van der Waals surface area contributed by atoms with Gasteiger partial charge in [0.05, 0.1) is 6.10 Å². The number of ether oxygens (including phenoxy) is 1. The molecule has 0 bridgehead atoms. The molecule has 1 aliphatic carbocycles. The Balaban J connectivity index is 2.24. The Morgan fingerprint density at radius 3 is 2.56 bits per heavy atom. The van der Waals surface area contributed by atoms with E-state index in [-0.39, 0.29) is 18.2 Å². The summed E-state index contributed by atoms with van der Waals surface area (Å²) < 4.78 is 5.22. The highest BCUT2D eigenvalue weighted by molar-refractivity contribution is 5.68. The van der Waals surface area contributed by atoms with Gasteiger partial charge in [0.2, 0.25) is 0 Å². The second kappa shape index (κ2) is 6.38. The molecule has 1 amide bonds. The van der Waals surface area contributed by atoms with Gasteiger partial charge in [-0.1, -0.05) is 0 Å². The Kier molecular flexibility index (Phi) is 5.41. The number of amides is 1. The molecule has 0 radical (unpaired) electrons. The van der Waals surface area contributed by atoms with Crippen molar-refractivity contribution < 1.29 is 14.6 Å². The smallest absolute Gasteiger partial charge is 0.407 e. The van der Waals surface area contributed by atoms with Crippen LogP contribution in [0.5, 0.6) is 0 Å². The van der Waals surface area contributed by atoms with Crippen molar-refractivity contribution in [2.45, 2.75) is 70.7 Å². The van der Waals surface area contributed by atoms with Crippen LogP contribution in [0.1, 0.15) is 47.0 Å². The van der Waals surface area contributed by atoms with Crippen LogP contribution >= 0.6 is 0 Å². The molecule has 0 aliphatic heterocycles. The zero-order valence-corrected chi connectivity index (χ0v) is 11.8. The van der Waals surface area contributed by atoms with Crippen LogP contribution in [0.25, 0.3) is 0 Å². The number of carbonyl (C=O) groups excluding carboxylic acids is 1. The molecule has 0 spiro atoms. The summed E-state index contributed by atoms with van der Waals surface area (Å²) in [5, 5.41) is 15.4. The average molecular weight is 258 g/mol. The molecule has 0 saturated heterocycles. The topological polar surface area (TPSA) is 70.6 Å². The van der Waals surface area contributed by atoms with Crippen LogP contribution < -0.4 is 10.6 Å². The van der Waals surface area contributed by atoms with Crippen LogP contribution in [0.2, 0.25) is 0 Å². The molecule has 1 aliphatic rings. The molecular weight excluding hydrogens is 232 g/mol. The van der Waals surface area contributed by atoms with Crippen LogP contribution in [0.15, 0.2) is 0 Å². The fourth-order valence-corrected chi connectivity index (χ4v) is 2.11. The van der Waals surface area contributed by atoms with Gasteiger partial charge in [-0.15, -0.1) is 0 Å². The first-order valence-corrected chi connectivity index (χ1v) is 6.67. The van der Waals surface area contributed by atoms with Gasteiger partial charge >= 0.3 is 6.09 Å². The number of carbonyl (C=O) groups is 1. The minimum Gasteiger partial charge on any atom is -0.444 e. The fraction of sp³-hybridized carbons (Fsp3) is 0.923. The van der Waals surface area contributed by atoms with E-state index < -0.39 is 5.60 Å². The van der Waals surface area contributed by atoms with E-state index in [1.807, 2.05) is 20.8 Å². The lowest BCUT2D eigenvalue weighted by atomic mass is 10.2. The Bertz CT molecular complexity index is 274. The van der Waals surface area contributed by atoms with Gasteiger partial charge in [-0.3, -0.25) is 0 Å². The molecule has 3 N–H and O–H groups in total. The van der Waals surface area contributed by atoms with E-state index in [1.54, 1.807) is 6.92 Å². The Hall–Kier alpha value is -0.810. The van der Waals surface area contributed by atoms with Crippen molar-refractivity contribution in [3.63, 3.8) is 0 Å². The van der Waals surface area contributed by atoms with E-state index in [1.165, 1.54) is 0 Å². The predicted molar refractivity (Wildman–Crippen MR) is 70.5 cm³/mol. The van der Waals surface area contributed by atoms with E-state index >= 15 is 0 Å². The summed E-state index contributed by atoms with van der Waals surface area (Å²) in [6.07, 6.45) is 2.20. The van der Waals surface area contributed by atoms with Crippen molar-refractivity contribution >= 4 is 6.09 Å². The summed E-state index contributed by atoms with van der Waals surface area (Å²) in [4.78, 5) is 11.6. The lowest BCUT2D eigenvalue weighted by Gasteiger charge is -2.22. The number of rotatable bonds is 4. The quantitative estimate of drug-likeness (QED) is 0.713. The minimum absolute atomic E-state index is 0.173. The van der Waals surface area contributed by atoms with Crippen molar-refractivity contribution in [3.8, 4) is 0 Å². The van der Waals surface area contributed by atoms with Gasteiger partial charge in [-0.05, 0) is 47.0 Å². The van der Waals surface area contributed by atoms with Gasteiger partial charge in [-0.25, -0.2) is 4.79 Å². The van der Waals surface area contributed by atoms with E-state index in [0.29, 0.717) is 12.6 Å². The zero-order valence-electron chi connectivity index (χ0n) is 11.8. The summed E-state index contributed by atoms with van der Waals surface area (Å²) in [6.45, 7) is 7.93. The average Bonchev–Trinajstić information content (AvgIpc) is 2.59. The molecule has 0 aromatic carbocycles.